The molecule has 3 rings (SSSR count). The van der Waals surface area contributed by atoms with Gasteiger partial charge in [-0.25, -0.2) is 4.98 Å². The number of carbonyl (C=O) groups is 1. The molecule has 0 radical (unpaired) electrons. The molecule has 5 nitrogen and oxygen atoms in total. The Morgan fingerprint density at radius 1 is 1.37 bits per heavy atom. The van der Waals surface area contributed by atoms with Crippen LogP contribution in [0.15, 0.2) is 35.1 Å². The predicted molar refractivity (Wildman–Crippen MR) is 72.8 cm³/mol. The van der Waals surface area contributed by atoms with Gasteiger partial charge in [-0.05, 0) is 17.7 Å². The Bertz CT molecular complexity index is 609. The smallest absolute Gasteiger partial charge is 0.321 e. The summed E-state index contributed by atoms with van der Waals surface area (Å²) in [6.45, 7) is 0. The van der Waals surface area contributed by atoms with Gasteiger partial charge in [0.2, 0.25) is 0 Å². The number of halogens is 1. The lowest BCUT2D eigenvalue weighted by Gasteiger charge is -2.28. The number of imidazole rings is 1. The van der Waals surface area contributed by atoms with Crippen molar-refractivity contribution in [3.8, 4) is 0 Å². The Hall–Kier alpha value is -1.66. The second-order valence-electron chi connectivity index (χ2n) is 4.51. The highest BCUT2D eigenvalue weighted by atomic mass is 79.9. The number of carboxylic acids is 1. The van der Waals surface area contributed by atoms with Crippen molar-refractivity contribution in [2.24, 2.45) is 0 Å². The van der Waals surface area contributed by atoms with Crippen molar-refractivity contribution >= 4 is 21.9 Å². The van der Waals surface area contributed by atoms with Gasteiger partial charge in [0.15, 0.2) is 0 Å². The predicted octanol–water partition coefficient (Wildman–Crippen LogP) is 1.86. The van der Waals surface area contributed by atoms with Gasteiger partial charge in [-0.15, -0.1) is 0 Å². The summed E-state index contributed by atoms with van der Waals surface area (Å²) in [5, 5.41) is 12.3. The lowest BCUT2D eigenvalue weighted by atomic mass is 9.94. The van der Waals surface area contributed by atoms with Gasteiger partial charge in [-0.3, -0.25) is 10.1 Å². The number of aliphatic carboxylic acids is 1. The van der Waals surface area contributed by atoms with Crippen molar-refractivity contribution in [2.75, 3.05) is 0 Å². The fourth-order valence-corrected chi connectivity index (χ4v) is 2.62. The summed E-state index contributed by atoms with van der Waals surface area (Å²) in [4.78, 5) is 18.6. The van der Waals surface area contributed by atoms with Gasteiger partial charge in [-0.1, -0.05) is 28.1 Å². The van der Waals surface area contributed by atoms with E-state index in [0.29, 0.717) is 6.42 Å². The van der Waals surface area contributed by atoms with Crippen molar-refractivity contribution in [1.29, 1.82) is 0 Å². The summed E-state index contributed by atoms with van der Waals surface area (Å²) < 4.78 is 0.990. The molecule has 6 heteroatoms. The molecule has 2 aromatic rings. The summed E-state index contributed by atoms with van der Waals surface area (Å²) >= 11 is 3.39. The van der Waals surface area contributed by atoms with E-state index in [1.807, 2.05) is 24.3 Å². The average Bonchev–Trinajstić information content (AvgIpc) is 2.86. The number of nitrogens with zero attached hydrogens (tertiary/aromatic N) is 1. The molecule has 0 saturated heterocycles. The lowest BCUT2D eigenvalue weighted by molar-refractivity contribution is -0.139. The van der Waals surface area contributed by atoms with E-state index >= 15 is 0 Å². The van der Waals surface area contributed by atoms with E-state index in [2.05, 4.69) is 31.2 Å². The molecule has 1 aromatic carbocycles. The van der Waals surface area contributed by atoms with E-state index in [1.54, 1.807) is 6.33 Å². The summed E-state index contributed by atoms with van der Waals surface area (Å²) in [7, 11) is 0. The number of nitrogens with one attached hydrogen (secondary N) is 2. The van der Waals surface area contributed by atoms with Crippen molar-refractivity contribution in [3.63, 3.8) is 0 Å². The monoisotopic (exact) mass is 321 g/mol. The molecule has 0 amide bonds. The minimum Gasteiger partial charge on any atom is -0.480 e. The number of benzene rings is 1. The van der Waals surface area contributed by atoms with Crippen LogP contribution in [0.2, 0.25) is 0 Å². The molecule has 2 atom stereocenters. The molecule has 0 saturated carbocycles. The third-order valence-electron chi connectivity index (χ3n) is 3.30. The van der Waals surface area contributed by atoms with E-state index in [1.165, 1.54) is 0 Å². The Labute approximate surface area is 118 Å². The zero-order valence-electron chi connectivity index (χ0n) is 9.93. The van der Waals surface area contributed by atoms with Crippen LogP contribution < -0.4 is 5.32 Å². The van der Waals surface area contributed by atoms with Crippen LogP contribution in [0, 0.1) is 0 Å². The van der Waals surface area contributed by atoms with Gasteiger partial charge in [0.05, 0.1) is 18.1 Å². The number of aromatic nitrogens is 2. The highest BCUT2D eigenvalue weighted by molar-refractivity contribution is 9.10. The zero-order chi connectivity index (χ0) is 13.4. The molecular weight excluding hydrogens is 310 g/mol. The lowest BCUT2D eigenvalue weighted by Crippen LogP contribution is -2.45. The number of hydrogen-bond donors (Lipinski definition) is 3. The first-order chi connectivity index (χ1) is 9.15. The van der Waals surface area contributed by atoms with Crippen LogP contribution in [0.25, 0.3) is 0 Å². The van der Waals surface area contributed by atoms with E-state index in [-0.39, 0.29) is 6.04 Å². The molecule has 98 valence electrons. The Kier molecular flexibility index (Phi) is 3.12. The molecule has 0 fully saturated rings. The van der Waals surface area contributed by atoms with Crippen LogP contribution >= 0.6 is 15.9 Å². The standard InChI is InChI=1S/C13H12BrN3O2/c14-8-3-1-7(2-4-8)11-12-9(15-6-16-12)5-10(17-11)13(18)19/h1-4,6,10-11,17H,5H2,(H,15,16)(H,18,19)/t10-,11-/m0/s1. The normalized spacial score (nSPS) is 21.9. The van der Waals surface area contributed by atoms with Crippen LogP contribution in [-0.4, -0.2) is 27.1 Å². The summed E-state index contributed by atoms with van der Waals surface area (Å²) in [5.74, 6) is -0.845. The summed E-state index contributed by atoms with van der Waals surface area (Å²) in [6.07, 6.45) is 2.04. The fourth-order valence-electron chi connectivity index (χ4n) is 2.35. The minimum absolute atomic E-state index is 0.191. The number of rotatable bonds is 2. The van der Waals surface area contributed by atoms with Gasteiger partial charge in [0, 0.05) is 16.6 Å². The second-order valence-corrected chi connectivity index (χ2v) is 5.43. The maximum absolute atomic E-state index is 11.2. The quantitative estimate of drug-likeness (QED) is 0.789. The maximum atomic E-state index is 11.2. The van der Waals surface area contributed by atoms with E-state index in [4.69, 9.17) is 0 Å². The van der Waals surface area contributed by atoms with Gasteiger partial charge in [-0.2, -0.15) is 0 Å². The molecule has 0 aliphatic carbocycles. The molecule has 1 aromatic heterocycles. The van der Waals surface area contributed by atoms with E-state index in [0.717, 1.165) is 21.4 Å². The second kappa shape index (κ2) is 4.79. The maximum Gasteiger partial charge on any atom is 0.321 e. The number of H-pyrrole nitrogens is 1. The zero-order valence-corrected chi connectivity index (χ0v) is 11.5. The first kappa shape index (κ1) is 12.4. The van der Waals surface area contributed by atoms with Crippen LogP contribution in [0.4, 0.5) is 0 Å². The van der Waals surface area contributed by atoms with Crippen molar-refractivity contribution in [3.05, 3.63) is 52.0 Å². The molecule has 0 bridgehead atoms. The average molecular weight is 322 g/mol. The first-order valence-electron chi connectivity index (χ1n) is 5.91. The minimum atomic E-state index is -0.845. The molecule has 0 spiro atoms. The molecule has 1 aliphatic heterocycles. The van der Waals surface area contributed by atoms with E-state index < -0.39 is 12.0 Å². The SMILES string of the molecule is O=C(O)[C@@H]1Cc2[nH]cnc2[C@H](c2ccc(Br)cc2)N1. The highest BCUT2D eigenvalue weighted by Gasteiger charge is 2.32. The number of carboxylic acid groups (broad SMARTS) is 1. The molecular formula is C13H12BrN3O2. The Morgan fingerprint density at radius 2 is 2.11 bits per heavy atom. The number of aromatic amines is 1. The van der Waals surface area contributed by atoms with Crippen molar-refractivity contribution in [1.82, 2.24) is 15.3 Å². The van der Waals surface area contributed by atoms with Crippen molar-refractivity contribution in [2.45, 2.75) is 18.5 Å². The highest BCUT2D eigenvalue weighted by Crippen LogP contribution is 2.29. The summed E-state index contributed by atoms with van der Waals surface area (Å²) in [6, 6.07) is 7.02. The van der Waals surface area contributed by atoms with Crippen LogP contribution in [-0.2, 0) is 11.2 Å². The molecule has 1 aliphatic rings. The largest absolute Gasteiger partial charge is 0.480 e. The van der Waals surface area contributed by atoms with Gasteiger partial charge in [0.1, 0.15) is 6.04 Å². The van der Waals surface area contributed by atoms with Crippen LogP contribution in [0.5, 0.6) is 0 Å². The topological polar surface area (TPSA) is 78.0 Å². The molecule has 19 heavy (non-hydrogen) atoms. The number of fused-ring (bicyclic) bond motifs is 1. The fraction of sp³-hybridized carbons (Fsp3) is 0.231. The van der Waals surface area contributed by atoms with E-state index in [9.17, 15) is 9.90 Å². The van der Waals surface area contributed by atoms with Gasteiger partial charge < -0.3 is 10.1 Å². The summed E-state index contributed by atoms with van der Waals surface area (Å²) in [5.41, 5.74) is 2.77. The Balaban J connectivity index is 2.00. The van der Waals surface area contributed by atoms with Gasteiger partial charge >= 0.3 is 5.97 Å². The molecule has 0 unspecified atom stereocenters. The van der Waals surface area contributed by atoms with Crippen molar-refractivity contribution < 1.29 is 9.90 Å². The molecule has 2 heterocycles. The molecule has 3 N–H and O–H groups in total. The third-order valence-corrected chi connectivity index (χ3v) is 3.83. The number of hydrogen-bond acceptors (Lipinski definition) is 3. The third kappa shape index (κ3) is 2.29. The Morgan fingerprint density at radius 3 is 2.79 bits per heavy atom. The van der Waals surface area contributed by atoms with Crippen LogP contribution in [0.3, 0.4) is 0 Å². The van der Waals surface area contributed by atoms with Gasteiger partial charge in [0.25, 0.3) is 0 Å². The first-order valence-corrected chi connectivity index (χ1v) is 6.71. The van der Waals surface area contributed by atoms with Crippen LogP contribution in [0.1, 0.15) is 23.0 Å².